The highest BCUT2D eigenvalue weighted by atomic mass is 16.5. The number of rotatable bonds is 4. The molecule has 1 N–H and O–H groups in total. The van der Waals surface area contributed by atoms with Gasteiger partial charge in [-0.3, -0.25) is 4.79 Å². The lowest BCUT2D eigenvalue weighted by atomic mass is 10.1. The number of hydrogen-bond donors (Lipinski definition) is 1. The molecule has 2 unspecified atom stereocenters. The topological polar surface area (TPSA) is 49.8 Å². The number of hydrogen-bond acceptors (Lipinski definition) is 3. The number of carbonyl (C=O) groups excluding carboxylic acids is 1. The van der Waals surface area contributed by atoms with Crippen molar-refractivity contribution in [1.29, 1.82) is 0 Å². The third kappa shape index (κ3) is 2.89. The summed E-state index contributed by atoms with van der Waals surface area (Å²) >= 11 is 0. The van der Waals surface area contributed by atoms with Gasteiger partial charge in [-0.05, 0) is 18.9 Å². The molecular formula is C14H19NO3. The summed E-state index contributed by atoms with van der Waals surface area (Å²) in [5.41, 5.74) is 1.12. The average Bonchev–Trinajstić information content (AvgIpc) is 2.41. The monoisotopic (exact) mass is 249 g/mol. The molecule has 0 bridgehead atoms. The molecule has 0 saturated carbocycles. The molecule has 1 aliphatic heterocycles. The second-order valence-corrected chi connectivity index (χ2v) is 4.58. The molecule has 1 saturated heterocycles. The van der Waals surface area contributed by atoms with Crippen LogP contribution in [-0.4, -0.2) is 41.8 Å². The van der Waals surface area contributed by atoms with Crippen molar-refractivity contribution in [3.63, 3.8) is 0 Å². The Balaban J connectivity index is 2.08. The van der Waals surface area contributed by atoms with E-state index < -0.39 is 0 Å². The average molecular weight is 249 g/mol. The zero-order valence-electron chi connectivity index (χ0n) is 10.6. The largest absolute Gasteiger partial charge is 0.396 e. The lowest BCUT2D eigenvalue weighted by Crippen LogP contribution is -2.47. The second kappa shape index (κ2) is 5.98. The van der Waals surface area contributed by atoms with Gasteiger partial charge in [0.05, 0.1) is 12.1 Å². The summed E-state index contributed by atoms with van der Waals surface area (Å²) < 4.78 is 5.40. The molecule has 0 spiro atoms. The smallest absolute Gasteiger partial charge is 0.249 e. The zero-order chi connectivity index (χ0) is 13.0. The minimum atomic E-state index is -0.0566. The summed E-state index contributed by atoms with van der Waals surface area (Å²) in [5, 5.41) is 8.94. The number of ether oxygens (including phenoxy) is 1. The van der Waals surface area contributed by atoms with Crippen molar-refractivity contribution >= 4 is 5.91 Å². The Morgan fingerprint density at radius 2 is 2.17 bits per heavy atom. The highest BCUT2D eigenvalue weighted by Gasteiger charge is 2.29. The van der Waals surface area contributed by atoms with Gasteiger partial charge in [0.15, 0.2) is 0 Å². The molecule has 1 amide bonds. The van der Waals surface area contributed by atoms with E-state index in [1.165, 1.54) is 0 Å². The number of carbonyl (C=O) groups is 1. The van der Waals surface area contributed by atoms with Gasteiger partial charge in [0, 0.05) is 13.2 Å². The summed E-state index contributed by atoms with van der Waals surface area (Å²) in [4.78, 5) is 13.7. The van der Waals surface area contributed by atoms with E-state index in [4.69, 9.17) is 9.84 Å². The van der Waals surface area contributed by atoms with E-state index in [1.54, 1.807) is 0 Å². The Labute approximate surface area is 107 Å². The van der Waals surface area contributed by atoms with Crippen LogP contribution < -0.4 is 0 Å². The van der Waals surface area contributed by atoms with Crippen molar-refractivity contribution in [2.45, 2.75) is 25.5 Å². The van der Waals surface area contributed by atoms with Crippen molar-refractivity contribution in [3.8, 4) is 0 Å². The van der Waals surface area contributed by atoms with Gasteiger partial charge in [0.25, 0.3) is 0 Å². The predicted octanol–water partition coefficient (Wildman–Crippen LogP) is 1.36. The number of aliphatic hydroxyl groups is 1. The van der Waals surface area contributed by atoms with Crippen LogP contribution in [-0.2, 0) is 9.53 Å². The van der Waals surface area contributed by atoms with Gasteiger partial charge in [-0.25, -0.2) is 0 Å². The molecule has 1 fully saturated rings. The lowest BCUT2D eigenvalue weighted by Gasteiger charge is -2.36. The molecule has 1 aromatic carbocycles. The number of morpholine rings is 1. The fourth-order valence-electron chi connectivity index (χ4n) is 2.25. The molecule has 2 atom stereocenters. The van der Waals surface area contributed by atoms with Crippen molar-refractivity contribution < 1.29 is 14.6 Å². The molecule has 0 aromatic heterocycles. The van der Waals surface area contributed by atoms with Crippen LogP contribution in [0.2, 0.25) is 0 Å². The summed E-state index contributed by atoms with van der Waals surface area (Å²) in [7, 11) is 0. The quantitative estimate of drug-likeness (QED) is 0.876. The number of aliphatic hydroxyl groups excluding tert-OH is 1. The highest BCUT2D eigenvalue weighted by molar-refractivity contribution is 5.78. The van der Waals surface area contributed by atoms with E-state index in [0.29, 0.717) is 13.0 Å². The molecular weight excluding hydrogens is 230 g/mol. The van der Waals surface area contributed by atoms with Gasteiger partial charge in [-0.1, -0.05) is 30.3 Å². The van der Waals surface area contributed by atoms with Gasteiger partial charge in [0.1, 0.15) is 6.61 Å². The molecule has 1 aromatic rings. The second-order valence-electron chi connectivity index (χ2n) is 4.58. The van der Waals surface area contributed by atoms with E-state index in [-0.39, 0.29) is 31.3 Å². The number of amides is 1. The van der Waals surface area contributed by atoms with Crippen LogP contribution in [0.15, 0.2) is 30.3 Å². The summed E-state index contributed by atoms with van der Waals surface area (Å²) in [6.45, 7) is 2.78. The van der Waals surface area contributed by atoms with Crippen molar-refractivity contribution in [1.82, 2.24) is 4.90 Å². The maximum atomic E-state index is 11.9. The molecule has 18 heavy (non-hydrogen) atoms. The van der Waals surface area contributed by atoms with Crippen LogP contribution >= 0.6 is 0 Å². The molecule has 0 radical (unpaired) electrons. The molecule has 2 rings (SSSR count). The Morgan fingerprint density at radius 3 is 2.83 bits per heavy atom. The summed E-state index contributed by atoms with van der Waals surface area (Å²) in [5.74, 6) is 0.0144. The van der Waals surface area contributed by atoms with Crippen LogP contribution in [0.4, 0.5) is 0 Å². The summed E-state index contributed by atoms with van der Waals surface area (Å²) in [6.07, 6.45) is 0.518. The third-order valence-electron chi connectivity index (χ3n) is 3.36. The van der Waals surface area contributed by atoms with Crippen LogP contribution in [0.1, 0.15) is 24.9 Å². The lowest BCUT2D eigenvalue weighted by molar-refractivity contribution is -0.152. The third-order valence-corrected chi connectivity index (χ3v) is 3.36. The van der Waals surface area contributed by atoms with E-state index in [1.807, 2.05) is 42.2 Å². The van der Waals surface area contributed by atoms with Gasteiger partial charge in [-0.2, -0.15) is 0 Å². The Kier molecular flexibility index (Phi) is 4.33. The molecule has 4 nitrogen and oxygen atoms in total. The summed E-state index contributed by atoms with van der Waals surface area (Å²) in [6, 6.07) is 10.0. The maximum Gasteiger partial charge on any atom is 0.249 e. The van der Waals surface area contributed by atoms with E-state index in [2.05, 4.69) is 0 Å². The van der Waals surface area contributed by atoms with Gasteiger partial charge >= 0.3 is 0 Å². The van der Waals surface area contributed by atoms with Gasteiger partial charge in [-0.15, -0.1) is 0 Å². The van der Waals surface area contributed by atoms with Crippen molar-refractivity contribution in [2.75, 3.05) is 19.8 Å². The Hall–Kier alpha value is -1.39. The molecule has 0 aliphatic carbocycles. The Bertz CT molecular complexity index is 393. The van der Waals surface area contributed by atoms with Crippen molar-refractivity contribution in [2.24, 2.45) is 0 Å². The predicted molar refractivity (Wildman–Crippen MR) is 68.0 cm³/mol. The highest BCUT2D eigenvalue weighted by Crippen LogP contribution is 2.23. The fourth-order valence-corrected chi connectivity index (χ4v) is 2.25. The Morgan fingerprint density at radius 1 is 1.44 bits per heavy atom. The van der Waals surface area contributed by atoms with Crippen molar-refractivity contribution in [3.05, 3.63) is 35.9 Å². The first-order chi connectivity index (χ1) is 8.72. The normalized spacial score (nSPS) is 22.0. The minimum absolute atomic E-state index is 0.0144. The standard InChI is InChI=1S/C14H19NO3/c1-11(12-5-3-2-4-6-12)15-9-13(7-8-16)18-10-14(15)17/h2-6,11,13,16H,7-10H2,1H3. The minimum Gasteiger partial charge on any atom is -0.396 e. The molecule has 1 aliphatic rings. The van der Waals surface area contributed by atoms with Gasteiger partial charge in [0.2, 0.25) is 5.91 Å². The SMILES string of the molecule is CC(c1ccccc1)N1CC(CCO)OCC1=O. The number of benzene rings is 1. The molecule has 1 heterocycles. The van der Waals surface area contributed by atoms with Crippen LogP contribution in [0.25, 0.3) is 0 Å². The van der Waals surface area contributed by atoms with Crippen LogP contribution in [0.5, 0.6) is 0 Å². The van der Waals surface area contributed by atoms with E-state index >= 15 is 0 Å². The first kappa shape index (κ1) is 13.1. The first-order valence-corrected chi connectivity index (χ1v) is 6.29. The van der Waals surface area contributed by atoms with E-state index in [9.17, 15) is 4.79 Å². The maximum absolute atomic E-state index is 11.9. The fraction of sp³-hybridized carbons (Fsp3) is 0.500. The first-order valence-electron chi connectivity index (χ1n) is 6.29. The van der Waals surface area contributed by atoms with Crippen LogP contribution in [0.3, 0.4) is 0 Å². The zero-order valence-corrected chi connectivity index (χ0v) is 10.6. The van der Waals surface area contributed by atoms with Gasteiger partial charge < -0.3 is 14.7 Å². The molecule has 98 valence electrons. The number of nitrogens with zero attached hydrogens (tertiary/aromatic N) is 1. The van der Waals surface area contributed by atoms with Crippen LogP contribution in [0, 0.1) is 0 Å². The van der Waals surface area contributed by atoms with E-state index in [0.717, 1.165) is 5.56 Å². The molecule has 4 heteroatoms.